The van der Waals surface area contributed by atoms with Crippen molar-refractivity contribution in [1.29, 1.82) is 0 Å². The third-order valence-electron chi connectivity index (χ3n) is 2.51. The molecule has 1 heteroatoms. The first kappa shape index (κ1) is 12.0. The highest BCUT2D eigenvalue weighted by atomic mass is 14.8. The van der Waals surface area contributed by atoms with Gasteiger partial charge in [0.25, 0.3) is 0 Å². The summed E-state index contributed by atoms with van der Waals surface area (Å²) in [5, 5.41) is 3.13. The lowest BCUT2D eigenvalue weighted by Crippen LogP contribution is -2.05. The molecule has 0 fully saturated rings. The SMILES string of the molecule is CCc1ccc(CC=CCCNC)cc1. The first-order chi connectivity index (χ1) is 7.36. The Balaban J connectivity index is 2.34. The largest absolute Gasteiger partial charge is 0.319 e. The van der Waals surface area contributed by atoms with Gasteiger partial charge in [-0.15, -0.1) is 0 Å². The fraction of sp³-hybridized carbons (Fsp3) is 0.429. The molecule has 1 aromatic carbocycles. The second-order valence-corrected chi connectivity index (χ2v) is 3.74. The quantitative estimate of drug-likeness (QED) is 0.553. The Labute approximate surface area is 93.2 Å². The second kappa shape index (κ2) is 7.24. The molecule has 0 aliphatic rings. The fourth-order valence-electron chi connectivity index (χ4n) is 1.48. The summed E-state index contributed by atoms with van der Waals surface area (Å²) in [6.07, 6.45) is 7.78. The molecule has 0 amide bonds. The lowest BCUT2D eigenvalue weighted by atomic mass is 10.1. The van der Waals surface area contributed by atoms with E-state index in [9.17, 15) is 0 Å². The van der Waals surface area contributed by atoms with E-state index >= 15 is 0 Å². The highest BCUT2D eigenvalue weighted by Gasteiger charge is 1.90. The minimum absolute atomic E-state index is 1.05. The number of allylic oxidation sites excluding steroid dienone is 1. The molecule has 0 radical (unpaired) electrons. The molecule has 0 bridgehead atoms. The Morgan fingerprint density at radius 2 is 1.73 bits per heavy atom. The maximum Gasteiger partial charge on any atom is -0.00173 e. The van der Waals surface area contributed by atoms with Crippen LogP contribution in [0.15, 0.2) is 36.4 Å². The molecule has 1 N–H and O–H groups in total. The molecular weight excluding hydrogens is 182 g/mol. The number of aryl methyl sites for hydroxylation is 1. The Morgan fingerprint density at radius 3 is 2.33 bits per heavy atom. The van der Waals surface area contributed by atoms with Crippen LogP contribution < -0.4 is 5.32 Å². The van der Waals surface area contributed by atoms with Gasteiger partial charge in [-0.1, -0.05) is 43.3 Å². The van der Waals surface area contributed by atoms with Crippen molar-refractivity contribution >= 4 is 0 Å². The summed E-state index contributed by atoms with van der Waals surface area (Å²) >= 11 is 0. The van der Waals surface area contributed by atoms with Gasteiger partial charge in [0, 0.05) is 0 Å². The topological polar surface area (TPSA) is 12.0 Å². The number of nitrogens with one attached hydrogen (secondary N) is 1. The highest BCUT2D eigenvalue weighted by molar-refractivity contribution is 5.24. The Hall–Kier alpha value is -1.08. The molecule has 0 unspecified atom stereocenters. The highest BCUT2D eigenvalue weighted by Crippen LogP contribution is 2.06. The number of hydrogen-bond acceptors (Lipinski definition) is 1. The molecule has 82 valence electrons. The van der Waals surface area contributed by atoms with Gasteiger partial charge in [-0.3, -0.25) is 0 Å². The molecule has 1 aromatic rings. The van der Waals surface area contributed by atoms with Crippen molar-refractivity contribution in [2.24, 2.45) is 0 Å². The monoisotopic (exact) mass is 203 g/mol. The summed E-state index contributed by atoms with van der Waals surface area (Å²) < 4.78 is 0. The van der Waals surface area contributed by atoms with E-state index in [0.717, 1.165) is 25.8 Å². The van der Waals surface area contributed by atoms with Gasteiger partial charge >= 0.3 is 0 Å². The van der Waals surface area contributed by atoms with Crippen LogP contribution in [0.1, 0.15) is 24.5 Å². The first-order valence-corrected chi connectivity index (χ1v) is 5.74. The minimum Gasteiger partial charge on any atom is -0.319 e. The van der Waals surface area contributed by atoms with E-state index in [4.69, 9.17) is 0 Å². The van der Waals surface area contributed by atoms with E-state index < -0.39 is 0 Å². The van der Waals surface area contributed by atoms with E-state index in [-0.39, 0.29) is 0 Å². The van der Waals surface area contributed by atoms with Crippen molar-refractivity contribution in [3.05, 3.63) is 47.5 Å². The second-order valence-electron chi connectivity index (χ2n) is 3.74. The van der Waals surface area contributed by atoms with Crippen LogP contribution in [0.25, 0.3) is 0 Å². The number of benzene rings is 1. The standard InChI is InChI=1S/C14H21N/c1-3-13-8-10-14(11-9-13)7-5-4-6-12-15-2/h4-5,8-11,15H,3,6-7,12H2,1-2H3. The van der Waals surface area contributed by atoms with Crippen molar-refractivity contribution < 1.29 is 0 Å². The average molecular weight is 203 g/mol. The van der Waals surface area contributed by atoms with Gasteiger partial charge in [-0.2, -0.15) is 0 Å². The predicted octanol–water partition coefficient (Wildman–Crippen LogP) is 2.96. The smallest absolute Gasteiger partial charge is 0.00173 e. The molecular formula is C14H21N. The van der Waals surface area contributed by atoms with E-state index in [1.165, 1.54) is 11.1 Å². The van der Waals surface area contributed by atoms with Crippen LogP contribution in [-0.4, -0.2) is 13.6 Å². The van der Waals surface area contributed by atoms with Crippen LogP contribution in [-0.2, 0) is 12.8 Å². The lowest BCUT2D eigenvalue weighted by Gasteiger charge is -1.99. The van der Waals surface area contributed by atoms with Gasteiger partial charge < -0.3 is 5.32 Å². The maximum atomic E-state index is 3.13. The van der Waals surface area contributed by atoms with Crippen molar-refractivity contribution in [2.75, 3.05) is 13.6 Å². The molecule has 0 saturated heterocycles. The predicted molar refractivity (Wildman–Crippen MR) is 67.2 cm³/mol. The van der Waals surface area contributed by atoms with Crippen LogP contribution in [0.4, 0.5) is 0 Å². The summed E-state index contributed by atoms with van der Waals surface area (Å²) in [6, 6.07) is 8.88. The molecule has 0 aliphatic carbocycles. The third-order valence-corrected chi connectivity index (χ3v) is 2.51. The molecule has 0 atom stereocenters. The van der Waals surface area contributed by atoms with E-state index in [1.807, 2.05) is 7.05 Å². The van der Waals surface area contributed by atoms with Crippen molar-refractivity contribution in [1.82, 2.24) is 5.32 Å². The van der Waals surface area contributed by atoms with Gasteiger partial charge in [0.2, 0.25) is 0 Å². The molecule has 1 nitrogen and oxygen atoms in total. The van der Waals surface area contributed by atoms with Crippen LogP contribution in [0.3, 0.4) is 0 Å². The van der Waals surface area contributed by atoms with Gasteiger partial charge in [-0.25, -0.2) is 0 Å². The number of hydrogen-bond donors (Lipinski definition) is 1. The summed E-state index contributed by atoms with van der Waals surface area (Å²) in [6.45, 7) is 3.25. The lowest BCUT2D eigenvalue weighted by molar-refractivity contribution is 0.806. The maximum absolute atomic E-state index is 3.13. The fourth-order valence-corrected chi connectivity index (χ4v) is 1.48. The molecule has 0 saturated carbocycles. The van der Waals surface area contributed by atoms with Gasteiger partial charge in [0.15, 0.2) is 0 Å². The zero-order valence-electron chi connectivity index (χ0n) is 9.79. The minimum atomic E-state index is 1.05. The molecule has 1 rings (SSSR count). The average Bonchev–Trinajstić information content (AvgIpc) is 2.30. The van der Waals surface area contributed by atoms with Gasteiger partial charge in [-0.05, 0) is 44.0 Å². The van der Waals surface area contributed by atoms with Crippen LogP contribution in [0, 0.1) is 0 Å². The van der Waals surface area contributed by atoms with Gasteiger partial charge in [0.1, 0.15) is 0 Å². The van der Waals surface area contributed by atoms with E-state index in [1.54, 1.807) is 0 Å². The number of rotatable bonds is 6. The molecule has 0 spiro atoms. The van der Waals surface area contributed by atoms with Crippen LogP contribution >= 0.6 is 0 Å². The van der Waals surface area contributed by atoms with Crippen molar-refractivity contribution in [2.45, 2.75) is 26.2 Å². The Morgan fingerprint density at radius 1 is 1.07 bits per heavy atom. The first-order valence-electron chi connectivity index (χ1n) is 5.74. The summed E-state index contributed by atoms with van der Waals surface area (Å²) in [4.78, 5) is 0. The van der Waals surface area contributed by atoms with E-state index in [0.29, 0.717) is 0 Å². The van der Waals surface area contributed by atoms with E-state index in [2.05, 4.69) is 48.7 Å². The summed E-state index contributed by atoms with van der Waals surface area (Å²) in [7, 11) is 1.98. The molecule has 0 aliphatic heterocycles. The Bertz CT molecular complexity index is 285. The summed E-state index contributed by atoms with van der Waals surface area (Å²) in [5.41, 5.74) is 2.81. The zero-order chi connectivity index (χ0) is 10.9. The zero-order valence-corrected chi connectivity index (χ0v) is 9.79. The van der Waals surface area contributed by atoms with Crippen LogP contribution in [0.2, 0.25) is 0 Å². The van der Waals surface area contributed by atoms with Crippen molar-refractivity contribution in [3.63, 3.8) is 0 Å². The molecule has 0 aromatic heterocycles. The van der Waals surface area contributed by atoms with Gasteiger partial charge in [0.05, 0.1) is 0 Å². The molecule has 15 heavy (non-hydrogen) atoms. The molecule has 0 heterocycles. The summed E-state index contributed by atoms with van der Waals surface area (Å²) in [5.74, 6) is 0. The van der Waals surface area contributed by atoms with Crippen LogP contribution in [0.5, 0.6) is 0 Å². The van der Waals surface area contributed by atoms with Crippen molar-refractivity contribution in [3.8, 4) is 0 Å². The Kier molecular flexibility index (Phi) is 5.79. The normalized spacial score (nSPS) is 11.1. The third kappa shape index (κ3) is 4.80.